The van der Waals surface area contributed by atoms with Gasteiger partial charge in [0.05, 0.1) is 6.07 Å². The Morgan fingerprint density at radius 3 is 2.18 bits per heavy atom. The Labute approximate surface area is 72.6 Å². The van der Waals surface area contributed by atoms with E-state index in [2.05, 4.69) is 11.0 Å². The van der Waals surface area contributed by atoms with Crippen molar-refractivity contribution in [2.45, 2.75) is 18.4 Å². The van der Waals surface area contributed by atoms with Crippen LogP contribution in [0.25, 0.3) is 0 Å². The summed E-state index contributed by atoms with van der Waals surface area (Å²) in [5, 5.41) is 9.01. The van der Waals surface area contributed by atoms with Crippen molar-refractivity contribution in [2.24, 2.45) is 0 Å². The van der Waals surface area contributed by atoms with E-state index in [1.807, 2.05) is 25.9 Å². The van der Waals surface area contributed by atoms with Crippen LogP contribution >= 0.6 is 11.8 Å². The summed E-state index contributed by atoms with van der Waals surface area (Å²) >= 11 is 1.95. The molecule has 2 nitrogen and oxygen atoms in total. The minimum Gasteiger partial charge on any atom is -0.292 e. The Balaban J connectivity index is 2.67. The molecule has 1 saturated heterocycles. The second kappa shape index (κ2) is 3.46. The normalized spacial score (nSPS) is 23.1. The van der Waals surface area contributed by atoms with E-state index in [4.69, 9.17) is 5.26 Å². The fourth-order valence-electron chi connectivity index (χ4n) is 1.37. The van der Waals surface area contributed by atoms with Crippen molar-refractivity contribution in [3.05, 3.63) is 0 Å². The first-order valence-electron chi connectivity index (χ1n) is 3.88. The van der Waals surface area contributed by atoms with Crippen molar-refractivity contribution in [3.8, 4) is 6.07 Å². The van der Waals surface area contributed by atoms with Gasteiger partial charge in [-0.15, -0.1) is 0 Å². The Kier molecular flexibility index (Phi) is 2.80. The Bertz CT molecular complexity index is 165. The predicted molar refractivity (Wildman–Crippen MR) is 48.6 cm³/mol. The van der Waals surface area contributed by atoms with E-state index in [-0.39, 0.29) is 5.54 Å². The maximum absolute atomic E-state index is 9.01. The molecule has 0 spiro atoms. The molecule has 1 aliphatic rings. The lowest BCUT2D eigenvalue weighted by Crippen LogP contribution is -2.45. The van der Waals surface area contributed by atoms with Crippen LogP contribution in [0.15, 0.2) is 0 Å². The number of thioether (sulfide) groups is 1. The topological polar surface area (TPSA) is 27.0 Å². The van der Waals surface area contributed by atoms with Crippen molar-refractivity contribution >= 4 is 11.8 Å². The van der Waals surface area contributed by atoms with Gasteiger partial charge in [-0.1, -0.05) is 0 Å². The highest BCUT2D eigenvalue weighted by atomic mass is 32.2. The van der Waals surface area contributed by atoms with Gasteiger partial charge >= 0.3 is 0 Å². The third-order valence-electron chi connectivity index (χ3n) is 2.38. The summed E-state index contributed by atoms with van der Waals surface area (Å²) < 4.78 is 0. The largest absolute Gasteiger partial charge is 0.292 e. The molecule has 1 heterocycles. The summed E-state index contributed by atoms with van der Waals surface area (Å²) in [5.74, 6) is 2.26. The SMILES string of the molecule is CN(C)C1(C#N)CCSCC1. The first-order chi connectivity index (χ1) is 5.21. The highest BCUT2D eigenvalue weighted by molar-refractivity contribution is 7.99. The molecule has 1 fully saturated rings. The summed E-state index contributed by atoms with van der Waals surface area (Å²) in [6, 6.07) is 2.43. The van der Waals surface area contributed by atoms with E-state index in [1.165, 1.54) is 0 Å². The third-order valence-corrected chi connectivity index (χ3v) is 3.37. The van der Waals surface area contributed by atoms with Crippen LogP contribution in [0.2, 0.25) is 0 Å². The summed E-state index contributed by atoms with van der Waals surface area (Å²) in [5.41, 5.74) is -0.161. The fraction of sp³-hybridized carbons (Fsp3) is 0.875. The summed E-state index contributed by atoms with van der Waals surface area (Å²) in [7, 11) is 4.00. The molecule has 0 aromatic carbocycles. The molecule has 0 atom stereocenters. The van der Waals surface area contributed by atoms with Gasteiger partial charge in [0.1, 0.15) is 5.54 Å². The predicted octanol–water partition coefficient (Wildman–Crippen LogP) is 1.34. The highest BCUT2D eigenvalue weighted by Crippen LogP contribution is 2.29. The second-order valence-corrected chi connectivity index (χ2v) is 4.37. The second-order valence-electron chi connectivity index (χ2n) is 3.15. The number of nitriles is 1. The number of nitrogens with zero attached hydrogens (tertiary/aromatic N) is 2. The lowest BCUT2D eigenvalue weighted by molar-refractivity contribution is 0.202. The first-order valence-corrected chi connectivity index (χ1v) is 5.03. The Hall–Kier alpha value is -0.200. The van der Waals surface area contributed by atoms with Gasteiger partial charge < -0.3 is 0 Å². The number of rotatable bonds is 1. The standard InChI is InChI=1S/C8H14N2S/c1-10(2)8(7-9)3-5-11-6-4-8/h3-6H2,1-2H3. The summed E-state index contributed by atoms with van der Waals surface area (Å²) in [4.78, 5) is 2.06. The van der Waals surface area contributed by atoms with E-state index in [0.29, 0.717) is 0 Å². The number of hydrogen-bond acceptors (Lipinski definition) is 3. The molecule has 1 aliphatic heterocycles. The van der Waals surface area contributed by atoms with Gasteiger partial charge in [-0.3, -0.25) is 4.90 Å². The van der Waals surface area contributed by atoms with Crippen LogP contribution in [0, 0.1) is 11.3 Å². The van der Waals surface area contributed by atoms with Crippen molar-refractivity contribution in [1.29, 1.82) is 5.26 Å². The van der Waals surface area contributed by atoms with Crippen LogP contribution in [0.5, 0.6) is 0 Å². The average Bonchev–Trinajstić information content (AvgIpc) is 2.05. The third kappa shape index (κ3) is 1.69. The van der Waals surface area contributed by atoms with Crippen LogP contribution in [0.3, 0.4) is 0 Å². The molecule has 0 bridgehead atoms. The summed E-state index contributed by atoms with van der Waals surface area (Å²) in [6.45, 7) is 0. The Morgan fingerprint density at radius 1 is 1.36 bits per heavy atom. The maximum Gasteiger partial charge on any atom is 0.110 e. The average molecular weight is 170 g/mol. The molecule has 0 aromatic rings. The van der Waals surface area contributed by atoms with Crippen LogP contribution in [0.1, 0.15) is 12.8 Å². The van der Waals surface area contributed by atoms with Crippen LogP contribution in [-0.4, -0.2) is 36.0 Å². The smallest absolute Gasteiger partial charge is 0.110 e. The van der Waals surface area contributed by atoms with Crippen molar-refractivity contribution in [2.75, 3.05) is 25.6 Å². The molecule has 0 radical (unpaired) electrons. The summed E-state index contributed by atoms with van der Waals surface area (Å²) in [6.07, 6.45) is 2.03. The van der Waals surface area contributed by atoms with E-state index in [9.17, 15) is 0 Å². The minimum absolute atomic E-state index is 0.161. The number of hydrogen-bond donors (Lipinski definition) is 0. The molecular weight excluding hydrogens is 156 g/mol. The van der Waals surface area contributed by atoms with Crippen molar-refractivity contribution < 1.29 is 0 Å². The van der Waals surface area contributed by atoms with Crippen LogP contribution < -0.4 is 0 Å². The highest BCUT2D eigenvalue weighted by Gasteiger charge is 2.34. The van der Waals surface area contributed by atoms with Gasteiger partial charge in [-0.05, 0) is 38.4 Å². The molecule has 11 heavy (non-hydrogen) atoms. The van der Waals surface area contributed by atoms with Crippen LogP contribution in [0.4, 0.5) is 0 Å². The molecule has 62 valence electrons. The monoisotopic (exact) mass is 170 g/mol. The van der Waals surface area contributed by atoms with Crippen molar-refractivity contribution in [1.82, 2.24) is 4.90 Å². The molecule has 3 heteroatoms. The lowest BCUT2D eigenvalue weighted by Gasteiger charge is -2.36. The zero-order chi connectivity index (χ0) is 8.32. The minimum atomic E-state index is -0.161. The molecule has 0 N–H and O–H groups in total. The van der Waals surface area contributed by atoms with Gasteiger partial charge in [0, 0.05) is 0 Å². The van der Waals surface area contributed by atoms with E-state index in [1.54, 1.807) is 0 Å². The molecule has 0 aliphatic carbocycles. The fourth-order valence-corrected chi connectivity index (χ4v) is 2.54. The molecule has 1 rings (SSSR count). The van der Waals surface area contributed by atoms with Gasteiger partial charge in [-0.2, -0.15) is 17.0 Å². The quantitative estimate of drug-likeness (QED) is 0.594. The van der Waals surface area contributed by atoms with Gasteiger partial charge in [0.2, 0.25) is 0 Å². The zero-order valence-electron chi connectivity index (χ0n) is 7.13. The molecule has 0 aromatic heterocycles. The maximum atomic E-state index is 9.01. The van der Waals surface area contributed by atoms with E-state index in [0.717, 1.165) is 24.3 Å². The Morgan fingerprint density at radius 2 is 1.91 bits per heavy atom. The first kappa shape index (κ1) is 8.89. The molecule has 0 unspecified atom stereocenters. The van der Waals surface area contributed by atoms with Gasteiger partial charge in [-0.25, -0.2) is 0 Å². The zero-order valence-corrected chi connectivity index (χ0v) is 7.95. The molecule has 0 saturated carbocycles. The van der Waals surface area contributed by atoms with E-state index < -0.39 is 0 Å². The lowest BCUT2D eigenvalue weighted by atomic mass is 9.93. The van der Waals surface area contributed by atoms with Gasteiger partial charge in [0.15, 0.2) is 0 Å². The molecule has 0 amide bonds. The van der Waals surface area contributed by atoms with Crippen LogP contribution in [-0.2, 0) is 0 Å². The van der Waals surface area contributed by atoms with Crippen molar-refractivity contribution in [3.63, 3.8) is 0 Å². The molecular formula is C8H14N2S. The van der Waals surface area contributed by atoms with E-state index >= 15 is 0 Å². The van der Waals surface area contributed by atoms with Gasteiger partial charge in [0.25, 0.3) is 0 Å².